The van der Waals surface area contributed by atoms with Crippen LogP contribution in [0.15, 0.2) is 76.6 Å². The van der Waals surface area contributed by atoms with Gasteiger partial charge in [-0.05, 0) is 36.4 Å². The van der Waals surface area contributed by atoms with Gasteiger partial charge in [-0.25, -0.2) is 4.39 Å². The van der Waals surface area contributed by atoms with Gasteiger partial charge in [0.25, 0.3) is 0 Å². The number of para-hydroxylation sites is 1. The number of carbonyl (C=O) groups excluding carboxylic acids is 1. The Hall–Kier alpha value is -3.28. The summed E-state index contributed by atoms with van der Waals surface area (Å²) in [5.41, 5.74) is -0.695. The highest BCUT2D eigenvalue weighted by atomic mass is 19.1. The molecule has 1 heterocycles. The van der Waals surface area contributed by atoms with Crippen LogP contribution in [0.5, 0.6) is 0 Å². The largest absolute Gasteiger partial charge is 0.320 e. The molecule has 0 atom stereocenters. The van der Waals surface area contributed by atoms with Gasteiger partial charge in [0.15, 0.2) is 5.78 Å². The van der Waals surface area contributed by atoms with E-state index in [0.29, 0.717) is 5.69 Å². The molecule has 0 fully saturated rings. The molecule has 3 aromatic rings. The number of benzene rings is 2. The van der Waals surface area contributed by atoms with Crippen LogP contribution in [0.2, 0.25) is 0 Å². The highest BCUT2D eigenvalue weighted by Crippen LogP contribution is 2.05. The van der Waals surface area contributed by atoms with Crippen LogP contribution in [-0.2, 0) is 6.54 Å². The maximum Gasteiger partial charge on any atom is 0.320 e. The summed E-state index contributed by atoms with van der Waals surface area (Å²) in [6.45, 7) is -0.282. The molecule has 1 aromatic heterocycles. The number of hydrogen-bond acceptors (Lipinski definition) is 3. The first kappa shape index (κ1) is 15.6. The van der Waals surface area contributed by atoms with Crippen LogP contribution in [0.4, 0.5) is 4.39 Å². The topological polar surface area (TPSA) is 61.1 Å². The van der Waals surface area contributed by atoms with Gasteiger partial charge >= 0.3 is 11.1 Å². The van der Waals surface area contributed by atoms with E-state index in [-0.39, 0.29) is 17.9 Å². The predicted octanol–water partition coefficient (Wildman–Crippen LogP) is 2.02. The lowest BCUT2D eigenvalue weighted by Crippen LogP contribution is -2.41. The number of nitrogens with zero attached hydrogens (tertiary/aromatic N) is 2. The van der Waals surface area contributed by atoms with Crippen molar-refractivity contribution in [3.63, 3.8) is 0 Å². The third kappa shape index (κ3) is 3.08. The zero-order valence-electron chi connectivity index (χ0n) is 12.6. The van der Waals surface area contributed by atoms with Gasteiger partial charge in [-0.15, -0.1) is 0 Å². The maximum atomic E-state index is 12.9. The van der Waals surface area contributed by atoms with E-state index in [0.717, 1.165) is 4.57 Å². The van der Waals surface area contributed by atoms with Gasteiger partial charge < -0.3 is 4.57 Å². The summed E-state index contributed by atoms with van der Waals surface area (Å²) in [6, 6.07) is 13.7. The van der Waals surface area contributed by atoms with E-state index in [1.165, 1.54) is 41.2 Å². The molecule has 6 heteroatoms. The molecule has 2 aromatic carbocycles. The number of carbonyl (C=O) groups is 1. The molecule has 5 nitrogen and oxygen atoms in total. The van der Waals surface area contributed by atoms with Crippen LogP contribution in [0.1, 0.15) is 10.4 Å². The zero-order valence-corrected chi connectivity index (χ0v) is 12.6. The van der Waals surface area contributed by atoms with Crippen molar-refractivity contribution >= 4 is 5.78 Å². The summed E-state index contributed by atoms with van der Waals surface area (Å²) in [6.07, 6.45) is 2.83. The first-order valence-electron chi connectivity index (χ1n) is 7.22. The molecule has 3 rings (SSSR count). The molecule has 0 radical (unpaired) electrons. The Labute approximate surface area is 136 Å². The Morgan fingerprint density at radius 2 is 1.54 bits per heavy atom. The molecule has 0 aliphatic rings. The molecule has 0 bridgehead atoms. The van der Waals surface area contributed by atoms with Gasteiger partial charge in [0, 0.05) is 23.6 Å². The van der Waals surface area contributed by atoms with Gasteiger partial charge in [-0.1, -0.05) is 18.2 Å². The minimum atomic E-state index is -0.795. The second-order valence-electron chi connectivity index (χ2n) is 5.17. The van der Waals surface area contributed by atoms with Crippen LogP contribution < -0.4 is 11.1 Å². The van der Waals surface area contributed by atoms with E-state index in [2.05, 4.69) is 0 Å². The molecule has 0 saturated carbocycles. The fraction of sp³-hybridized carbons (Fsp3) is 0.0556. The zero-order chi connectivity index (χ0) is 17.1. The standard InChI is InChI=1S/C18H13FN2O3/c19-14-8-6-13(7-9-14)16(22)12-20-10-11-21(18(24)17(20)23)15-4-2-1-3-5-15/h1-11H,12H2. The summed E-state index contributed by atoms with van der Waals surface area (Å²) >= 11 is 0. The van der Waals surface area contributed by atoms with E-state index in [1.54, 1.807) is 30.3 Å². The van der Waals surface area contributed by atoms with Crippen molar-refractivity contribution in [2.75, 3.05) is 0 Å². The lowest BCUT2D eigenvalue weighted by Gasteiger charge is -2.08. The third-order valence-corrected chi connectivity index (χ3v) is 3.57. The Kier molecular flexibility index (Phi) is 4.20. The highest BCUT2D eigenvalue weighted by Gasteiger charge is 2.11. The van der Waals surface area contributed by atoms with Crippen molar-refractivity contribution in [1.82, 2.24) is 9.13 Å². The van der Waals surface area contributed by atoms with Crippen LogP contribution in [0.25, 0.3) is 5.69 Å². The molecular weight excluding hydrogens is 311 g/mol. The number of aromatic nitrogens is 2. The summed E-state index contributed by atoms with van der Waals surface area (Å²) in [5, 5.41) is 0. The molecular formula is C18H13FN2O3. The van der Waals surface area contributed by atoms with Crippen molar-refractivity contribution in [3.05, 3.63) is 99.1 Å². The van der Waals surface area contributed by atoms with E-state index < -0.39 is 16.9 Å². The lowest BCUT2D eigenvalue weighted by atomic mass is 10.1. The van der Waals surface area contributed by atoms with E-state index in [4.69, 9.17) is 0 Å². The van der Waals surface area contributed by atoms with Crippen molar-refractivity contribution in [2.24, 2.45) is 0 Å². The van der Waals surface area contributed by atoms with Crippen LogP contribution in [-0.4, -0.2) is 14.9 Å². The van der Waals surface area contributed by atoms with E-state index >= 15 is 0 Å². The van der Waals surface area contributed by atoms with Gasteiger partial charge in [0.1, 0.15) is 5.82 Å². The summed E-state index contributed by atoms with van der Waals surface area (Å²) in [4.78, 5) is 36.6. The molecule has 24 heavy (non-hydrogen) atoms. The Morgan fingerprint density at radius 1 is 0.875 bits per heavy atom. The minimum absolute atomic E-state index is 0.274. The fourth-order valence-electron chi connectivity index (χ4n) is 2.31. The smallest absolute Gasteiger partial charge is 0.301 e. The average Bonchev–Trinajstić information content (AvgIpc) is 2.60. The van der Waals surface area contributed by atoms with Crippen molar-refractivity contribution in [2.45, 2.75) is 6.54 Å². The van der Waals surface area contributed by atoms with Crippen molar-refractivity contribution in [3.8, 4) is 5.69 Å². The van der Waals surface area contributed by atoms with Gasteiger partial charge in [0.2, 0.25) is 0 Å². The van der Waals surface area contributed by atoms with Crippen molar-refractivity contribution < 1.29 is 9.18 Å². The molecule has 0 aliphatic carbocycles. The van der Waals surface area contributed by atoms with Crippen LogP contribution in [0.3, 0.4) is 0 Å². The van der Waals surface area contributed by atoms with Crippen LogP contribution in [0, 0.1) is 5.82 Å². The summed E-state index contributed by atoms with van der Waals surface area (Å²) < 4.78 is 15.2. The van der Waals surface area contributed by atoms with E-state index in [9.17, 15) is 18.8 Å². The summed E-state index contributed by atoms with van der Waals surface area (Å²) in [7, 11) is 0. The van der Waals surface area contributed by atoms with Crippen LogP contribution >= 0.6 is 0 Å². The molecule has 0 amide bonds. The predicted molar refractivity (Wildman–Crippen MR) is 87.0 cm³/mol. The van der Waals surface area contributed by atoms with Gasteiger partial charge in [0.05, 0.1) is 6.54 Å². The Balaban J connectivity index is 1.92. The number of rotatable bonds is 4. The second-order valence-corrected chi connectivity index (χ2v) is 5.17. The van der Waals surface area contributed by atoms with Gasteiger partial charge in [-0.3, -0.25) is 19.0 Å². The average molecular weight is 324 g/mol. The first-order valence-corrected chi connectivity index (χ1v) is 7.22. The third-order valence-electron chi connectivity index (χ3n) is 3.57. The molecule has 0 saturated heterocycles. The fourth-order valence-corrected chi connectivity index (χ4v) is 2.31. The number of hydrogen-bond donors (Lipinski definition) is 0. The molecule has 0 N–H and O–H groups in total. The number of Topliss-reactive ketones (excluding diaryl/α,β-unsaturated/α-hetero) is 1. The number of ketones is 1. The first-order chi connectivity index (χ1) is 11.6. The normalized spacial score (nSPS) is 10.5. The van der Waals surface area contributed by atoms with Gasteiger partial charge in [-0.2, -0.15) is 0 Å². The highest BCUT2D eigenvalue weighted by molar-refractivity contribution is 5.95. The monoisotopic (exact) mass is 324 g/mol. The molecule has 0 aliphatic heterocycles. The Morgan fingerprint density at radius 3 is 2.21 bits per heavy atom. The second kappa shape index (κ2) is 6.45. The van der Waals surface area contributed by atoms with E-state index in [1.807, 2.05) is 0 Å². The lowest BCUT2D eigenvalue weighted by molar-refractivity contribution is 0.0970. The van der Waals surface area contributed by atoms with Crippen molar-refractivity contribution in [1.29, 1.82) is 0 Å². The maximum absolute atomic E-state index is 12.9. The number of halogens is 1. The minimum Gasteiger partial charge on any atom is -0.301 e. The molecule has 0 unspecified atom stereocenters. The quantitative estimate of drug-likeness (QED) is 0.545. The molecule has 0 spiro atoms. The molecule has 120 valence electrons. The Bertz CT molecular complexity index is 989. The summed E-state index contributed by atoms with van der Waals surface area (Å²) in [5.74, 6) is -0.830. The SMILES string of the molecule is O=C(Cn1ccn(-c2ccccc2)c(=O)c1=O)c1ccc(F)cc1.